The van der Waals surface area contributed by atoms with Crippen LogP contribution in [0.25, 0.3) is 22.3 Å². The summed E-state index contributed by atoms with van der Waals surface area (Å²) in [7, 11) is -4.36. The van der Waals surface area contributed by atoms with Crippen LogP contribution in [0, 0.1) is 10.1 Å². The number of rotatable bonds is 5. The van der Waals surface area contributed by atoms with Gasteiger partial charge in [-0.2, -0.15) is 8.42 Å². The van der Waals surface area contributed by atoms with Crippen LogP contribution >= 0.6 is 0 Å². The summed E-state index contributed by atoms with van der Waals surface area (Å²) in [5.74, 6) is 0.0284. The Bertz CT molecular complexity index is 1320. The normalized spacial score (nSPS) is 11.3. The highest BCUT2D eigenvalue weighted by atomic mass is 32.2. The molecule has 1 heterocycles. The fourth-order valence-electron chi connectivity index (χ4n) is 2.77. The van der Waals surface area contributed by atoms with Crippen LogP contribution in [0.4, 0.5) is 5.69 Å². The van der Waals surface area contributed by atoms with E-state index in [4.69, 9.17) is 4.18 Å². The first-order chi connectivity index (χ1) is 13.9. The van der Waals surface area contributed by atoms with Gasteiger partial charge in [0.1, 0.15) is 5.75 Å². The van der Waals surface area contributed by atoms with Gasteiger partial charge in [0.05, 0.1) is 27.8 Å². The van der Waals surface area contributed by atoms with Crippen molar-refractivity contribution in [3.8, 4) is 17.0 Å². The molecule has 0 unspecified atom stereocenters. The Labute approximate surface area is 165 Å². The maximum atomic E-state index is 12.5. The van der Waals surface area contributed by atoms with E-state index in [0.717, 1.165) is 28.7 Å². The van der Waals surface area contributed by atoms with Crippen LogP contribution in [-0.2, 0) is 10.1 Å². The highest BCUT2D eigenvalue weighted by molar-refractivity contribution is 7.87. The van der Waals surface area contributed by atoms with Crippen molar-refractivity contribution in [3.05, 3.63) is 89.1 Å². The topological polar surface area (TPSA) is 112 Å². The number of fused-ring (bicyclic) bond motifs is 1. The molecule has 0 aliphatic rings. The van der Waals surface area contributed by atoms with E-state index in [1.54, 1.807) is 18.3 Å². The van der Waals surface area contributed by atoms with Gasteiger partial charge in [-0.3, -0.25) is 15.1 Å². The molecule has 0 aliphatic carbocycles. The number of hydrogen-bond acceptors (Lipinski definition) is 7. The average molecular weight is 407 g/mol. The lowest BCUT2D eigenvalue weighted by Gasteiger charge is -2.08. The summed E-state index contributed by atoms with van der Waals surface area (Å²) >= 11 is 0. The first-order valence-electron chi connectivity index (χ1n) is 8.44. The SMILES string of the molecule is O=[N+]([O-])c1ccccc1S(=O)(=O)Oc1ccc(-c2cnc3ccccc3n2)cc1. The van der Waals surface area contributed by atoms with Gasteiger partial charge in [-0.1, -0.05) is 24.3 Å². The molecule has 0 bridgehead atoms. The predicted molar refractivity (Wildman–Crippen MR) is 106 cm³/mol. The van der Waals surface area contributed by atoms with Crippen molar-refractivity contribution < 1.29 is 17.5 Å². The fraction of sp³-hybridized carbons (Fsp3) is 0. The monoisotopic (exact) mass is 407 g/mol. The van der Waals surface area contributed by atoms with Gasteiger partial charge in [-0.15, -0.1) is 0 Å². The molecule has 8 nitrogen and oxygen atoms in total. The van der Waals surface area contributed by atoms with E-state index in [-0.39, 0.29) is 5.75 Å². The highest BCUT2D eigenvalue weighted by Gasteiger charge is 2.27. The molecule has 0 atom stereocenters. The van der Waals surface area contributed by atoms with E-state index < -0.39 is 25.6 Å². The van der Waals surface area contributed by atoms with Crippen LogP contribution in [-0.4, -0.2) is 23.3 Å². The molecule has 0 saturated heterocycles. The number of nitro groups is 1. The van der Waals surface area contributed by atoms with Crippen molar-refractivity contribution in [1.29, 1.82) is 0 Å². The third-order valence-corrected chi connectivity index (χ3v) is 5.43. The summed E-state index contributed by atoms with van der Waals surface area (Å²) in [5.41, 5.74) is 2.31. The molecule has 9 heteroatoms. The van der Waals surface area contributed by atoms with Crippen LogP contribution < -0.4 is 4.18 Å². The fourth-order valence-corrected chi connectivity index (χ4v) is 3.87. The Hall–Kier alpha value is -3.85. The highest BCUT2D eigenvalue weighted by Crippen LogP contribution is 2.28. The zero-order valence-electron chi connectivity index (χ0n) is 14.8. The van der Waals surface area contributed by atoms with Crippen LogP contribution in [0.2, 0.25) is 0 Å². The lowest BCUT2D eigenvalue weighted by atomic mass is 10.1. The zero-order chi connectivity index (χ0) is 20.4. The molecule has 1 aromatic heterocycles. The molecule has 0 N–H and O–H groups in total. The second kappa shape index (κ2) is 7.28. The lowest BCUT2D eigenvalue weighted by molar-refractivity contribution is -0.387. The number of para-hydroxylation sites is 3. The molecule has 3 aromatic carbocycles. The first-order valence-corrected chi connectivity index (χ1v) is 9.85. The van der Waals surface area contributed by atoms with Crippen molar-refractivity contribution in [2.24, 2.45) is 0 Å². The van der Waals surface area contributed by atoms with Gasteiger partial charge >= 0.3 is 10.1 Å². The summed E-state index contributed by atoms with van der Waals surface area (Å²) in [4.78, 5) is 18.7. The Balaban J connectivity index is 1.62. The second-order valence-electron chi connectivity index (χ2n) is 6.03. The van der Waals surface area contributed by atoms with Gasteiger partial charge in [0.2, 0.25) is 0 Å². The molecule has 29 heavy (non-hydrogen) atoms. The maximum Gasteiger partial charge on any atom is 0.346 e. The van der Waals surface area contributed by atoms with E-state index in [0.29, 0.717) is 5.69 Å². The minimum absolute atomic E-state index is 0.0284. The summed E-state index contributed by atoms with van der Waals surface area (Å²) in [5, 5.41) is 11.1. The lowest BCUT2D eigenvalue weighted by Crippen LogP contribution is -2.11. The molecule has 4 aromatic rings. The molecule has 0 amide bonds. The van der Waals surface area contributed by atoms with Crippen molar-refractivity contribution in [3.63, 3.8) is 0 Å². The summed E-state index contributed by atoms with van der Waals surface area (Å²) in [6.07, 6.45) is 1.63. The van der Waals surface area contributed by atoms with Gasteiger partial charge in [-0.25, -0.2) is 4.98 Å². The molecular formula is C20H13N3O5S. The van der Waals surface area contributed by atoms with Gasteiger partial charge in [0.15, 0.2) is 4.90 Å². The third-order valence-electron chi connectivity index (χ3n) is 4.14. The van der Waals surface area contributed by atoms with Crippen molar-refractivity contribution in [2.75, 3.05) is 0 Å². The van der Waals surface area contributed by atoms with Crippen molar-refractivity contribution >= 4 is 26.8 Å². The Kier molecular flexibility index (Phi) is 4.65. The van der Waals surface area contributed by atoms with E-state index in [1.165, 1.54) is 24.3 Å². The summed E-state index contributed by atoms with van der Waals surface area (Å²) in [6, 6.07) is 18.7. The molecule has 0 fully saturated rings. The molecule has 0 radical (unpaired) electrons. The summed E-state index contributed by atoms with van der Waals surface area (Å²) in [6.45, 7) is 0. The van der Waals surface area contributed by atoms with Crippen LogP contribution in [0.3, 0.4) is 0 Å². The molecule has 0 spiro atoms. The zero-order valence-corrected chi connectivity index (χ0v) is 15.6. The Morgan fingerprint density at radius 2 is 1.52 bits per heavy atom. The standard InChI is InChI=1S/C20H13N3O5S/c24-23(25)19-7-3-4-8-20(19)29(26,27)28-15-11-9-14(10-12-15)18-13-21-16-5-1-2-6-17(16)22-18/h1-13H. The van der Waals surface area contributed by atoms with E-state index in [2.05, 4.69) is 9.97 Å². The number of nitro benzene ring substituents is 1. The van der Waals surface area contributed by atoms with Crippen molar-refractivity contribution in [1.82, 2.24) is 9.97 Å². The van der Waals surface area contributed by atoms with Crippen molar-refractivity contribution in [2.45, 2.75) is 4.90 Å². The Morgan fingerprint density at radius 1 is 0.862 bits per heavy atom. The van der Waals surface area contributed by atoms with Crippen LogP contribution in [0.15, 0.2) is 83.9 Å². The minimum Gasteiger partial charge on any atom is -0.379 e. The van der Waals surface area contributed by atoms with E-state index in [1.807, 2.05) is 24.3 Å². The number of nitrogens with zero attached hydrogens (tertiary/aromatic N) is 3. The number of benzene rings is 3. The van der Waals surface area contributed by atoms with Gasteiger partial charge < -0.3 is 4.18 Å². The largest absolute Gasteiger partial charge is 0.379 e. The average Bonchev–Trinajstić information content (AvgIpc) is 2.73. The van der Waals surface area contributed by atoms with Crippen LogP contribution in [0.5, 0.6) is 5.75 Å². The second-order valence-corrected chi connectivity index (χ2v) is 7.55. The third kappa shape index (κ3) is 3.76. The Morgan fingerprint density at radius 3 is 2.24 bits per heavy atom. The maximum absolute atomic E-state index is 12.5. The first kappa shape index (κ1) is 18.5. The van der Waals surface area contributed by atoms with Crippen LogP contribution in [0.1, 0.15) is 0 Å². The molecule has 0 aliphatic heterocycles. The predicted octanol–water partition coefficient (Wildman–Crippen LogP) is 3.97. The van der Waals surface area contributed by atoms with E-state index >= 15 is 0 Å². The minimum atomic E-state index is -4.36. The van der Waals surface area contributed by atoms with Gasteiger partial charge in [0.25, 0.3) is 5.69 Å². The molecule has 0 saturated carbocycles. The molecule has 144 valence electrons. The number of hydrogen-bond donors (Lipinski definition) is 0. The summed E-state index contributed by atoms with van der Waals surface area (Å²) < 4.78 is 30.0. The van der Waals surface area contributed by atoms with E-state index in [9.17, 15) is 18.5 Å². The van der Waals surface area contributed by atoms with Gasteiger partial charge in [0, 0.05) is 11.6 Å². The molecular weight excluding hydrogens is 394 g/mol. The smallest absolute Gasteiger partial charge is 0.346 e. The molecule has 4 rings (SSSR count). The quantitative estimate of drug-likeness (QED) is 0.279. The number of aromatic nitrogens is 2. The van der Waals surface area contributed by atoms with Gasteiger partial charge in [-0.05, 0) is 42.5 Å².